The van der Waals surface area contributed by atoms with Gasteiger partial charge in [0.2, 0.25) is 0 Å². The number of benzene rings is 2. The van der Waals surface area contributed by atoms with Crippen molar-refractivity contribution in [3.63, 3.8) is 0 Å². The molecule has 3 rings (SSSR count). The molecule has 0 fully saturated rings. The van der Waals surface area contributed by atoms with Gasteiger partial charge < -0.3 is 9.47 Å². The van der Waals surface area contributed by atoms with Crippen LogP contribution in [0.3, 0.4) is 0 Å². The van der Waals surface area contributed by atoms with E-state index in [1.54, 1.807) is 6.07 Å². The first-order chi connectivity index (χ1) is 11.1. The summed E-state index contributed by atoms with van der Waals surface area (Å²) in [6.45, 7) is 0. The number of hydrogen-bond donors (Lipinski definition) is 2. The summed E-state index contributed by atoms with van der Waals surface area (Å²) in [4.78, 5) is 22.8. The topological polar surface area (TPSA) is 76.7 Å². The lowest BCUT2D eigenvalue weighted by atomic mass is 10.0. The molecule has 0 heterocycles. The minimum Gasteiger partial charge on any atom is -0.453 e. The van der Waals surface area contributed by atoms with E-state index in [2.05, 4.69) is 20.1 Å². The molecule has 0 radical (unpaired) electrons. The zero-order valence-corrected chi connectivity index (χ0v) is 12.8. The van der Waals surface area contributed by atoms with Crippen molar-refractivity contribution in [3.05, 3.63) is 47.5 Å². The fourth-order valence-corrected chi connectivity index (χ4v) is 2.77. The molecule has 0 saturated heterocycles. The average molecular weight is 312 g/mol. The molecule has 6 heteroatoms. The number of fused-ring (bicyclic) bond motifs is 3. The van der Waals surface area contributed by atoms with Gasteiger partial charge in [0.05, 0.1) is 19.9 Å². The number of ether oxygens (including phenoxy) is 2. The van der Waals surface area contributed by atoms with Gasteiger partial charge in [-0.15, -0.1) is 0 Å². The number of hydrogen-bond acceptors (Lipinski definition) is 4. The molecule has 2 aromatic carbocycles. The maximum absolute atomic E-state index is 11.5. The third-order valence-corrected chi connectivity index (χ3v) is 3.76. The SMILES string of the molecule is COC(=O)Nc1ccc2c(c1)Cc1cccc(NC(=O)OC)c1-2. The number of carbonyl (C=O) groups excluding carboxylic acids is 2. The van der Waals surface area contributed by atoms with Crippen LogP contribution in [0.1, 0.15) is 11.1 Å². The highest BCUT2D eigenvalue weighted by molar-refractivity contribution is 5.96. The monoisotopic (exact) mass is 312 g/mol. The van der Waals surface area contributed by atoms with E-state index in [1.165, 1.54) is 14.2 Å². The number of nitrogens with one attached hydrogen (secondary N) is 2. The second-order valence-electron chi connectivity index (χ2n) is 5.12. The van der Waals surface area contributed by atoms with E-state index in [9.17, 15) is 9.59 Å². The van der Waals surface area contributed by atoms with E-state index in [1.807, 2.05) is 30.3 Å². The van der Waals surface area contributed by atoms with Crippen LogP contribution in [0.15, 0.2) is 36.4 Å². The minimum absolute atomic E-state index is 0.504. The lowest BCUT2D eigenvalue weighted by Crippen LogP contribution is -2.12. The van der Waals surface area contributed by atoms with Crippen LogP contribution in [0.5, 0.6) is 0 Å². The Labute approximate surface area is 133 Å². The Morgan fingerprint density at radius 2 is 1.70 bits per heavy atom. The third-order valence-electron chi connectivity index (χ3n) is 3.76. The van der Waals surface area contributed by atoms with Gasteiger partial charge in [-0.3, -0.25) is 10.6 Å². The largest absolute Gasteiger partial charge is 0.453 e. The van der Waals surface area contributed by atoms with Gasteiger partial charge in [0.15, 0.2) is 0 Å². The van der Waals surface area contributed by atoms with Gasteiger partial charge in [-0.25, -0.2) is 9.59 Å². The fourth-order valence-electron chi connectivity index (χ4n) is 2.77. The lowest BCUT2D eigenvalue weighted by Gasteiger charge is -2.11. The number of carbonyl (C=O) groups is 2. The first kappa shape index (κ1) is 14.9. The van der Waals surface area contributed by atoms with Crippen molar-refractivity contribution < 1.29 is 19.1 Å². The Morgan fingerprint density at radius 1 is 0.957 bits per heavy atom. The molecule has 6 nitrogen and oxygen atoms in total. The molecule has 0 unspecified atom stereocenters. The van der Waals surface area contributed by atoms with Crippen LogP contribution in [-0.4, -0.2) is 26.4 Å². The van der Waals surface area contributed by atoms with Crippen molar-refractivity contribution in [2.75, 3.05) is 24.9 Å². The molecular weight excluding hydrogens is 296 g/mol. The summed E-state index contributed by atoms with van der Waals surface area (Å²) in [5.74, 6) is 0. The summed E-state index contributed by atoms with van der Waals surface area (Å²) in [5.41, 5.74) is 5.59. The molecule has 1 aliphatic rings. The highest BCUT2D eigenvalue weighted by Gasteiger charge is 2.22. The quantitative estimate of drug-likeness (QED) is 0.758. The predicted octanol–water partition coefficient (Wildman–Crippen LogP) is 3.61. The van der Waals surface area contributed by atoms with Crippen molar-refractivity contribution in [1.29, 1.82) is 0 Å². The van der Waals surface area contributed by atoms with Crippen LogP contribution in [0, 0.1) is 0 Å². The van der Waals surface area contributed by atoms with Crippen LogP contribution in [0.25, 0.3) is 11.1 Å². The van der Waals surface area contributed by atoms with Gasteiger partial charge in [0, 0.05) is 11.3 Å². The molecule has 2 aromatic rings. The Kier molecular flexibility index (Phi) is 3.89. The third kappa shape index (κ3) is 2.83. The molecule has 2 N–H and O–H groups in total. The van der Waals surface area contributed by atoms with E-state index in [0.29, 0.717) is 11.4 Å². The van der Waals surface area contributed by atoms with Gasteiger partial charge in [0.25, 0.3) is 0 Å². The molecule has 118 valence electrons. The molecule has 0 atom stereocenters. The standard InChI is InChI=1S/C17H16N2O4/c1-22-16(20)18-12-6-7-13-11(9-12)8-10-4-3-5-14(15(10)13)19-17(21)23-2/h3-7,9H,8H2,1-2H3,(H,18,20)(H,19,21). The highest BCUT2D eigenvalue weighted by Crippen LogP contribution is 2.42. The van der Waals surface area contributed by atoms with Gasteiger partial charge in [-0.2, -0.15) is 0 Å². The van der Waals surface area contributed by atoms with Crippen LogP contribution in [0.2, 0.25) is 0 Å². The Hall–Kier alpha value is -3.02. The Bertz CT molecular complexity index is 786. The number of rotatable bonds is 2. The zero-order valence-electron chi connectivity index (χ0n) is 12.8. The fraction of sp³-hybridized carbons (Fsp3) is 0.176. The molecule has 0 bridgehead atoms. The van der Waals surface area contributed by atoms with Crippen LogP contribution in [0.4, 0.5) is 21.0 Å². The number of amides is 2. The van der Waals surface area contributed by atoms with Crippen molar-refractivity contribution in [1.82, 2.24) is 0 Å². The normalized spacial score (nSPS) is 11.2. The molecule has 1 aliphatic carbocycles. The van der Waals surface area contributed by atoms with Gasteiger partial charge >= 0.3 is 12.2 Å². The zero-order chi connectivity index (χ0) is 16.4. The maximum atomic E-state index is 11.5. The maximum Gasteiger partial charge on any atom is 0.411 e. The Morgan fingerprint density at radius 3 is 2.43 bits per heavy atom. The summed E-state index contributed by atoms with van der Waals surface area (Å²) in [6.07, 6.45) is -0.276. The molecule has 0 aromatic heterocycles. The van der Waals surface area contributed by atoms with Crippen LogP contribution in [-0.2, 0) is 15.9 Å². The first-order valence-electron chi connectivity index (χ1n) is 7.07. The minimum atomic E-state index is -0.506. The van der Waals surface area contributed by atoms with Crippen molar-refractivity contribution in [2.45, 2.75) is 6.42 Å². The van der Waals surface area contributed by atoms with E-state index >= 15 is 0 Å². The molecule has 0 spiro atoms. The first-order valence-corrected chi connectivity index (χ1v) is 7.07. The van der Waals surface area contributed by atoms with Gasteiger partial charge in [0.1, 0.15) is 0 Å². The summed E-state index contributed by atoms with van der Waals surface area (Å²) in [5, 5.41) is 5.39. The highest BCUT2D eigenvalue weighted by atomic mass is 16.5. The molecule has 2 amide bonds. The van der Waals surface area contributed by atoms with Crippen molar-refractivity contribution in [2.24, 2.45) is 0 Å². The van der Waals surface area contributed by atoms with Crippen LogP contribution < -0.4 is 10.6 Å². The van der Waals surface area contributed by atoms with Crippen molar-refractivity contribution >= 4 is 23.6 Å². The molecular formula is C17H16N2O4. The van der Waals surface area contributed by atoms with Crippen molar-refractivity contribution in [3.8, 4) is 11.1 Å². The van der Waals surface area contributed by atoms with E-state index in [-0.39, 0.29) is 0 Å². The summed E-state index contributed by atoms with van der Waals surface area (Å²) < 4.78 is 9.26. The molecule has 0 saturated carbocycles. The summed E-state index contributed by atoms with van der Waals surface area (Å²) in [6, 6.07) is 11.4. The van der Waals surface area contributed by atoms with Crippen LogP contribution >= 0.6 is 0 Å². The molecule has 23 heavy (non-hydrogen) atoms. The summed E-state index contributed by atoms with van der Waals surface area (Å²) in [7, 11) is 2.65. The number of anilines is 2. The molecule has 0 aliphatic heterocycles. The average Bonchev–Trinajstić information content (AvgIpc) is 2.93. The second-order valence-corrected chi connectivity index (χ2v) is 5.12. The smallest absolute Gasteiger partial charge is 0.411 e. The number of methoxy groups -OCH3 is 2. The second kappa shape index (κ2) is 6.00. The van der Waals surface area contributed by atoms with Gasteiger partial charge in [-0.05, 0) is 41.3 Å². The van der Waals surface area contributed by atoms with Gasteiger partial charge in [-0.1, -0.05) is 18.2 Å². The van der Waals surface area contributed by atoms with E-state index < -0.39 is 12.2 Å². The lowest BCUT2D eigenvalue weighted by molar-refractivity contribution is 0.186. The summed E-state index contributed by atoms with van der Waals surface area (Å²) >= 11 is 0. The Balaban J connectivity index is 1.96. The van der Waals surface area contributed by atoms with E-state index in [0.717, 1.165) is 28.7 Å². The predicted molar refractivity (Wildman–Crippen MR) is 86.7 cm³/mol. The van der Waals surface area contributed by atoms with E-state index in [4.69, 9.17) is 0 Å².